The van der Waals surface area contributed by atoms with Gasteiger partial charge in [-0.1, -0.05) is 0 Å². The minimum atomic E-state index is -1.03. The highest BCUT2D eigenvalue weighted by Gasteiger charge is 2.13. The standard InChI is InChI=1S/C14H11NO6/c1-20-13-8-10(15(18)19)4-7-12(13)21-11-5-2-9(3-6-11)14(16)17/h2-8H,1H3,(H,16,17). The molecule has 0 radical (unpaired) electrons. The molecule has 21 heavy (non-hydrogen) atoms. The Kier molecular flexibility index (Phi) is 4.03. The van der Waals surface area contributed by atoms with Crippen LogP contribution >= 0.6 is 0 Å². The van der Waals surface area contributed by atoms with Gasteiger partial charge in [0.25, 0.3) is 5.69 Å². The highest BCUT2D eigenvalue weighted by Crippen LogP contribution is 2.34. The number of carbonyl (C=O) groups is 1. The van der Waals surface area contributed by atoms with Gasteiger partial charge in [0.2, 0.25) is 0 Å². The molecule has 2 aromatic rings. The summed E-state index contributed by atoms with van der Waals surface area (Å²) < 4.78 is 10.6. The number of non-ortho nitro benzene ring substituents is 1. The van der Waals surface area contributed by atoms with E-state index in [-0.39, 0.29) is 17.0 Å². The van der Waals surface area contributed by atoms with Gasteiger partial charge in [-0.3, -0.25) is 10.1 Å². The van der Waals surface area contributed by atoms with Crippen molar-refractivity contribution in [2.45, 2.75) is 0 Å². The predicted molar refractivity (Wildman–Crippen MR) is 73.1 cm³/mol. The van der Waals surface area contributed by atoms with Gasteiger partial charge >= 0.3 is 5.97 Å². The van der Waals surface area contributed by atoms with Gasteiger partial charge in [0.1, 0.15) is 5.75 Å². The minimum absolute atomic E-state index is 0.111. The van der Waals surface area contributed by atoms with E-state index < -0.39 is 10.9 Å². The molecule has 2 aromatic carbocycles. The zero-order valence-corrected chi connectivity index (χ0v) is 11.0. The number of hydrogen-bond donors (Lipinski definition) is 1. The first-order valence-electron chi connectivity index (χ1n) is 5.85. The molecular weight excluding hydrogens is 278 g/mol. The van der Waals surface area contributed by atoms with Crippen LogP contribution in [0.3, 0.4) is 0 Å². The summed E-state index contributed by atoms with van der Waals surface area (Å²) in [7, 11) is 1.37. The molecule has 0 bridgehead atoms. The number of hydrogen-bond acceptors (Lipinski definition) is 5. The maximum absolute atomic E-state index is 10.7. The number of aromatic carboxylic acids is 1. The van der Waals surface area contributed by atoms with E-state index in [1.165, 1.54) is 49.6 Å². The van der Waals surface area contributed by atoms with Crippen LogP contribution in [0.1, 0.15) is 10.4 Å². The molecule has 108 valence electrons. The summed E-state index contributed by atoms with van der Waals surface area (Å²) in [6, 6.07) is 9.74. The fourth-order valence-electron chi connectivity index (χ4n) is 1.65. The lowest BCUT2D eigenvalue weighted by molar-refractivity contribution is -0.384. The Morgan fingerprint density at radius 3 is 2.33 bits per heavy atom. The average molecular weight is 289 g/mol. The molecule has 0 fully saturated rings. The number of ether oxygens (including phenoxy) is 2. The number of carboxylic acids is 1. The minimum Gasteiger partial charge on any atom is -0.493 e. The molecule has 7 heteroatoms. The molecular formula is C14H11NO6. The van der Waals surface area contributed by atoms with E-state index in [2.05, 4.69) is 0 Å². The van der Waals surface area contributed by atoms with Gasteiger partial charge in [-0.25, -0.2) is 4.79 Å². The third-order valence-electron chi connectivity index (χ3n) is 2.69. The van der Waals surface area contributed by atoms with Crippen LogP contribution in [0.2, 0.25) is 0 Å². The normalized spacial score (nSPS) is 9.95. The number of carboxylic acid groups (broad SMARTS) is 1. The average Bonchev–Trinajstić information content (AvgIpc) is 2.48. The van der Waals surface area contributed by atoms with Crippen molar-refractivity contribution in [1.82, 2.24) is 0 Å². The van der Waals surface area contributed by atoms with Crippen molar-refractivity contribution < 1.29 is 24.3 Å². The fraction of sp³-hybridized carbons (Fsp3) is 0.0714. The van der Waals surface area contributed by atoms with Crippen LogP contribution in [-0.2, 0) is 0 Å². The van der Waals surface area contributed by atoms with Gasteiger partial charge in [0.15, 0.2) is 11.5 Å². The van der Waals surface area contributed by atoms with Crippen molar-refractivity contribution in [3.8, 4) is 17.2 Å². The van der Waals surface area contributed by atoms with E-state index in [0.717, 1.165) is 0 Å². The molecule has 0 aliphatic carbocycles. The maximum Gasteiger partial charge on any atom is 0.335 e. The summed E-state index contributed by atoms with van der Waals surface area (Å²) in [6.45, 7) is 0. The Hall–Kier alpha value is -3.09. The third-order valence-corrected chi connectivity index (χ3v) is 2.69. The second-order valence-electron chi connectivity index (χ2n) is 4.02. The molecule has 0 atom stereocenters. The van der Waals surface area contributed by atoms with E-state index >= 15 is 0 Å². The van der Waals surface area contributed by atoms with Crippen LogP contribution in [0.4, 0.5) is 5.69 Å². The van der Waals surface area contributed by atoms with E-state index in [9.17, 15) is 14.9 Å². The molecule has 0 aliphatic heterocycles. The van der Waals surface area contributed by atoms with Crippen molar-refractivity contribution in [3.05, 3.63) is 58.1 Å². The first-order chi connectivity index (χ1) is 10.0. The Morgan fingerprint density at radius 2 is 1.81 bits per heavy atom. The quantitative estimate of drug-likeness (QED) is 0.670. The summed E-state index contributed by atoms with van der Waals surface area (Å²) >= 11 is 0. The summed E-state index contributed by atoms with van der Waals surface area (Å²) in [6.07, 6.45) is 0. The molecule has 0 spiro atoms. The molecule has 7 nitrogen and oxygen atoms in total. The second-order valence-corrected chi connectivity index (χ2v) is 4.02. The topological polar surface area (TPSA) is 98.9 Å². The van der Waals surface area contributed by atoms with Crippen molar-refractivity contribution in [2.24, 2.45) is 0 Å². The van der Waals surface area contributed by atoms with Crippen molar-refractivity contribution in [1.29, 1.82) is 0 Å². The van der Waals surface area contributed by atoms with Crippen molar-refractivity contribution in [2.75, 3.05) is 7.11 Å². The second kappa shape index (κ2) is 5.91. The van der Waals surface area contributed by atoms with Gasteiger partial charge in [-0.15, -0.1) is 0 Å². The van der Waals surface area contributed by atoms with E-state index in [0.29, 0.717) is 11.5 Å². The van der Waals surface area contributed by atoms with Gasteiger partial charge in [-0.2, -0.15) is 0 Å². The molecule has 0 saturated heterocycles. The summed E-state index contributed by atoms with van der Waals surface area (Å²) in [5, 5.41) is 19.5. The maximum atomic E-state index is 10.7. The molecule has 0 amide bonds. The lowest BCUT2D eigenvalue weighted by atomic mass is 10.2. The lowest BCUT2D eigenvalue weighted by Gasteiger charge is -2.10. The molecule has 0 unspecified atom stereocenters. The highest BCUT2D eigenvalue weighted by atomic mass is 16.6. The van der Waals surface area contributed by atoms with Crippen LogP contribution < -0.4 is 9.47 Å². The number of nitrogens with zero attached hydrogens (tertiary/aromatic N) is 1. The monoisotopic (exact) mass is 289 g/mol. The molecule has 0 saturated carbocycles. The first-order valence-corrected chi connectivity index (χ1v) is 5.85. The van der Waals surface area contributed by atoms with Gasteiger partial charge in [-0.05, 0) is 30.3 Å². The van der Waals surface area contributed by atoms with Crippen LogP contribution in [0.25, 0.3) is 0 Å². The van der Waals surface area contributed by atoms with Gasteiger partial charge in [0.05, 0.1) is 23.7 Å². The largest absolute Gasteiger partial charge is 0.493 e. The van der Waals surface area contributed by atoms with Crippen molar-refractivity contribution >= 4 is 11.7 Å². The van der Waals surface area contributed by atoms with Crippen LogP contribution in [0.15, 0.2) is 42.5 Å². The smallest absolute Gasteiger partial charge is 0.335 e. The number of rotatable bonds is 5. The van der Waals surface area contributed by atoms with Crippen LogP contribution in [0.5, 0.6) is 17.2 Å². The zero-order chi connectivity index (χ0) is 15.4. The summed E-state index contributed by atoms with van der Waals surface area (Å²) in [5.41, 5.74) is 0.0263. The van der Waals surface area contributed by atoms with Crippen LogP contribution in [0, 0.1) is 10.1 Å². The first kappa shape index (κ1) is 14.3. The van der Waals surface area contributed by atoms with Crippen LogP contribution in [-0.4, -0.2) is 23.1 Å². The Bertz CT molecular complexity index is 680. The molecule has 2 rings (SSSR count). The number of nitro groups is 1. The predicted octanol–water partition coefficient (Wildman–Crippen LogP) is 3.09. The molecule has 0 aromatic heterocycles. The fourth-order valence-corrected chi connectivity index (χ4v) is 1.65. The van der Waals surface area contributed by atoms with E-state index in [4.69, 9.17) is 14.6 Å². The van der Waals surface area contributed by atoms with E-state index in [1.54, 1.807) is 0 Å². The summed E-state index contributed by atoms with van der Waals surface area (Å²) in [4.78, 5) is 20.9. The number of methoxy groups -OCH3 is 1. The van der Waals surface area contributed by atoms with E-state index in [1.807, 2.05) is 0 Å². The number of benzene rings is 2. The van der Waals surface area contributed by atoms with Gasteiger partial charge < -0.3 is 14.6 Å². The van der Waals surface area contributed by atoms with Gasteiger partial charge in [0, 0.05) is 6.07 Å². The zero-order valence-electron chi connectivity index (χ0n) is 11.0. The molecule has 0 heterocycles. The Morgan fingerprint density at radius 1 is 1.14 bits per heavy atom. The third kappa shape index (κ3) is 3.27. The Labute approximate surface area is 119 Å². The van der Waals surface area contributed by atoms with Crippen molar-refractivity contribution in [3.63, 3.8) is 0 Å². The number of nitro benzene ring substituents is 1. The lowest BCUT2D eigenvalue weighted by Crippen LogP contribution is -1.96. The Balaban J connectivity index is 2.26. The highest BCUT2D eigenvalue weighted by molar-refractivity contribution is 5.87. The summed E-state index contributed by atoms with van der Waals surface area (Å²) in [5.74, 6) is -0.126. The molecule has 1 N–H and O–H groups in total. The SMILES string of the molecule is COc1cc([N+](=O)[O-])ccc1Oc1ccc(C(=O)O)cc1. The molecule has 0 aliphatic rings.